The molecule has 1 aliphatic carbocycles. The summed E-state index contributed by atoms with van der Waals surface area (Å²) in [6, 6.07) is 18.5. The first-order valence-corrected chi connectivity index (χ1v) is 10.8. The van der Waals surface area contributed by atoms with E-state index in [0.717, 1.165) is 12.0 Å². The molecule has 2 aromatic carbocycles. The van der Waals surface area contributed by atoms with Gasteiger partial charge in [0, 0.05) is 10.4 Å². The van der Waals surface area contributed by atoms with Gasteiger partial charge in [-0.3, -0.25) is 4.79 Å². The summed E-state index contributed by atoms with van der Waals surface area (Å²) in [7, 11) is 0. The Kier molecular flexibility index (Phi) is 4.54. The SMILES string of the molecule is O=C(CSc1nnnn1Cc1cccs1)c1ccc2c(c1)-c1ccccc1C2. The smallest absolute Gasteiger partial charge is 0.210 e. The number of thiophene rings is 1. The Hall–Kier alpha value is -2.77. The third-order valence-corrected chi connectivity index (χ3v) is 6.66. The van der Waals surface area contributed by atoms with E-state index >= 15 is 0 Å². The fraction of sp³-hybridized carbons (Fsp3) is 0.143. The van der Waals surface area contributed by atoms with Gasteiger partial charge in [0.1, 0.15) is 0 Å². The molecule has 5 rings (SSSR count). The van der Waals surface area contributed by atoms with E-state index in [1.165, 1.54) is 38.9 Å². The normalized spacial score (nSPS) is 12.0. The predicted octanol–water partition coefficient (Wildman–Crippen LogP) is 4.33. The number of carbonyl (C=O) groups excluding carboxylic acids is 1. The van der Waals surface area contributed by atoms with E-state index in [2.05, 4.69) is 39.8 Å². The molecule has 0 radical (unpaired) electrons. The molecule has 0 N–H and O–H groups in total. The van der Waals surface area contributed by atoms with Gasteiger partial charge in [-0.25, -0.2) is 4.68 Å². The summed E-state index contributed by atoms with van der Waals surface area (Å²) in [5.74, 6) is 0.397. The molecule has 0 atom stereocenters. The van der Waals surface area contributed by atoms with Crippen LogP contribution in [0.5, 0.6) is 0 Å². The lowest BCUT2D eigenvalue weighted by Gasteiger charge is -2.06. The Labute approximate surface area is 170 Å². The van der Waals surface area contributed by atoms with Crippen molar-refractivity contribution in [3.8, 4) is 11.1 Å². The highest BCUT2D eigenvalue weighted by Crippen LogP contribution is 2.37. The zero-order chi connectivity index (χ0) is 18.9. The molecule has 2 heterocycles. The molecule has 1 aliphatic rings. The zero-order valence-electron chi connectivity index (χ0n) is 14.9. The second-order valence-electron chi connectivity index (χ2n) is 6.62. The first kappa shape index (κ1) is 17.3. The van der Waals surface area contributed by atoms with E-state index in [0.29, 0.717) is 17.5 Å². The van der Waals surface area contributed by atoms with Crippen molar-refractivity contribution in [1.29, 1.82) is 0 Å². The van der Waals surface area contributed by atoms with Crippen molar-refractivity contribution in [1.82, 2.24) is 20.2 Å². The van der Waals surface area contributed by atoms with E-state index in [1.54, 1.807) is 16.0 Å². The molecule has 0 aliphatic heterocycles. The summed E-state index contributed by atoms with van der Waals surface area (Å²) in [5.41, 5.74) is 5.75. The molecule has 5 nitrogen and oxygen atoms in total. The van der Waals surface area contributed by atoms with Gasteiger partial charge < -0.3 is 0 Å². The van der Waals surface area contributed by atoms with Crippen LogP contribution in [0.25, 0.3) is 11.1 Å². The standard InChI is InChI=1S/C21H16N4OS2/c26-20(13-28-21-22-23-24-25(21)12-17-5-3-9-27-17)16-8-7-15-10-14-4-1-2-6-18(14)19(15)11-16/h1-9,11H,10,12-13H2. The number of hydrogen-bond acceptors (Lipinski definition) is 6. The number of rotatable bonds is 6. The maximum Gasteiger partial charge on any atom is 0.210 e. The van der Waals surface area contributed by atoms with Crippen molar-refractivity contribution in [2.45, 2.75) is 18.1 Å². The lowest BCUT2D eigenvalue weighted by molar-refractivity contribution is 0.102. The summed E-state index contributed by atoms with van der Waals surface area (Å²) < 4.78 is 1.74. The number of aromatic nitrogens is 4. The van der Waals surface area contributed by atoms with Gasteiger partial charge in [-0.05, 0) is 56.6 Å². The van der Waals surface area contributed by atoms with Crippen LogP contribution in [0, 0.1) is 0 Å². The van der Waals surface area contributed by atoms with Crippen molar-refractivity contribution in [2.75, 3.05) is 5.75 Å². The van der Waals surface area contributed by atoms with Gasteiger partial charge in [0.05, 0.1) is 12.3 Å². The second kappa shape index (κ2) is 7.33. The van der Waals surface area contributed by atoms with Crippen LogP contribution < -0.4 is 0 Å². The Balaban J connectivity index is 1.31. The topological polar surface area (TPSA) is 60.7 Å². The summed E-state index contributed by atoms with van der Waals surface area (Å²) in [6.45, 7) is 0.622. The van der Waals surface area contributed by atoms with Gasteiger partial charge in [-0.2, -0.15) is 0 Å². The summed E-state index contributed by atoms with van der Waals surface area (Å²) in [4.78, 5) is 14.0. The third kappa shape index (κ3) is 3.27. The molecule has 0 spiro atoms. The quantitative estimate of drug-likeness (QED) is 0.311. The molecule has 4 aromatic rings. The van der Waals surface area contributed by atoms with Gasteiger partial charge in [0.2, 0.25) is 5.16 Å². The molecule has 138 valence electrons. The third-order valence-electron chi connectivity index (χ3n) is 4.84. The summed E-state index contributed by atoms with van der Waals surface area (Å²) in [6.07, 6.45) is 0.937. The Bertz CT molecular complexity index is 1150. The number of tetrazole rings is 1. The zero-order valence-corrected chi connectivity index (χ0v) is 16.5. The van der Waals surface area contributed by atoms with Gasteiger partial charge in [0.25, 0.3) is 0 Å². The first-order valence-electron chi connectivity index (χ1n) is 8.94. The lowest BCUT2D eigenvalue weighted by Crippen LogP contribution is -2.06. The molecule has 28 heavy (non-hydrogen) atoms. The van der Waals surface area contributed by atoms with Crippen LogP contribution in [-0.2, 0) is 13.0 Å². The average molecular weight is 405 g/mol. The van der Waals surface area contributed by atoms with Gasteiger partial charge in [-0.1, -0.05) is 54.2 Å². The number of fused-ring (bicyclic) bond motifs is 3. The van der Waals surface area contributed by atoms with E-state index in [-0.39, 0.29) is 5.78 Å². The number of hydrogen-bond donors (Lipinski definition) is 0. The Morgan fingerprint density at radius 2 is 1.96 bits per heavy atom. The molecule has 7 heteroatoms. The average Bonchev–Trinajstić information content (AvgIpc) is 3.46. The first-order chi connectivity index (χ1) is 13.8. The van der Waals surface area contributed by atoms with Crippen molar-refractivity contribution in [3.05, 3.63) is 81.5 Å². The van der Waals surface area contributed by atoms with Gasteiger partial charge in [0.15, 0.2) is 5.78 Å². The molecule has 0 bridgehead atoms. The van der Waals surface area contributed by atoms with Crippen LogP contribution in [0.3, 0.4) is 0 Å². The van der Waals surface area contributed by atoms with Crippen LogP contribution in [0.15, 0.2) is 65.1 Å². The predicted molar refractivity (Wildman–Crippen MR) is 111 cm³/mol. The maximum absolute atomic E-state index is 12.8. The minimum atomic E-state index is 0.0860. The van der Waals surface area contributed by atoms with Crippen LogP contribution >= 0.6 is 23.1 Å². The molecule has 0 saturated carbocycles. The molecule has 2 aromatic heterocycles. The largest absolute Gasteiger partial charge is 0.293 e. The van der Waals surface area contributed by atoms with Crippen molar-refractivity contribution >= 4 is 28.9 Å². The van der Waals surface area contributed by atoms with E-state index < -0.39 is 0 Å². The van der Waals surface area contributed by atoms with Crippen LogP contribution in [0.2, 0.25) is 0 Å². The number of Topliss-reactive ketones (excluding diaryl/α,β-unsaturated/α-hetero) is 1. The van der Waals surface area contributed by atoms with Crippen LogP contribution in [0.1, 0.15) is 26.4 Å². The van der Waals surface area contributed by atoms with Crippen LogP contribution in [-0.4, -0.2) is 31.7 Å². The molecule has 0 unspecified atom stereocenters. The monoisotopic (exact) mass is 404 g/mol. The minimum absolute atomic E-state index is 0.0860. The number of carbonyl (C=O) groups is 1. The fourth-order valence-corrected chi connectivity index (χ4v) is 4.92. The maximum atomic E-state index is 12.8. The van der Waals surface area contributed by atoms with E-state index in [1.807, 2.05) is 35.7 Å². The van der Waals surface area contributed by atoms with E-state index in [9.17, 15) is 4.79 Å². The molecule has 0 amide bonds. The molecule has 0 saturated heterocycles. The minimum Gasteiger partial charge on any atom is -0.293 e. The van der Waals surface area contributed by atoms with Crippen molar-refractivity contribution in [3.63, 3.8) is 0 Å². The highest BCUT2D eigenvalue weighted by molar-refractivity contribution is 7.99. The number of nitrogens with zero attached hydrogens (tertiary/aromatic N) is 4. The van der Waals surface area contributed by atoms with E-state index in [4.69, 9.17) is 0 Å². The molecular weight excluding hydrogens is 388 g/mol. The second-order valence-corrected chi connectivity index (χ2v) is 8.59. The summed E-state index contributed by atoms with van der Waals surface area (Å²) in [5, 5.41) is 14.6. The fourth-order valence-electron chi connectivity index (χ4n) is 3.46. The Morgan fingerprint density at radius 3 is 2.86 bits per heavy atom. The van der Waals surface area contributed by atoms with Crippen molar-refractivity contribution in [2.24, 2.45) is 0 Å². The highest BCUT2D eigenvalue weighted by Gasteiger charge is 2.20. The molecular formula is C21H16N4OS2. The Morgan fingerprint density at radius 1 is 1.07 bits per heavy atom. The molecule has 0 fully saturated rings. The summed E-state index contributed by atoms with van der Waals surface area (Å²) >= 11 is 3.04. The number of benzene rings is 2. The van der Waals surface area contributed by atoms with Gasteiger partial charge >= 0.3 is 0 Å². The van der Waals surface area contributed by atoms with Crippen molar-refractivity contribution < 1.29 is 4.79 Å². The lowest BCUT2D eigenvalue weighted by atomic mass is 10.0. The number of ketones is 1. The highest BCUT2D eigenvalue weighted by atomic mass is 32.2. The van der Waals surface area contributed by atoms with Gasteiger partial charge in [-0.15, -0.1) is 16.4 Å². The number of thioether (sulfide) groups is 1. The van der Waals surface area contributed by atoms with Crippen LogP contribution in [0.4, 0.5) is 0 Å².